The van der Waals surface area contributed by atoms with Crippen molar-refractivity contribution in [1.82, 2.24) is 16.0 Å². The number of hydrogen-bond acceptors (Lipinski definition) is 9. The molecule has 0 heterocycles. The van der Waals surface area contributed by atoms with Crippen LogP contribution in [0.25, 0.3) is 0 Å². The van der Waals surface area contributed by atoms with Gasteiger partial charge < -0.3 is 43.4 Å². The van der Waals surface area contributed by atoms with Crippen LogP contribution in [0.5, 0.6) is 0 Å². The van der Waals surface area contributed by atoms with Crippen LogP contribution in [-0.4, -0.2) is 89.1 Å². The van der Waals surface area contributed by atoms with Gasteiger partial charge in [-0.05, 0) is 63.6 Å². The van der Waals surface area contributed by atoms with Gasteiger partial charge in [0, 0.05) is 0 Å². The zero-order valence-electron chi connectivity index (χ0n) is 20.2. The van der Waals surface area contributed by atoms with Crippen LogP contribution in [-0.2, 0) is 24.0 Å². The number of carboxylic acid groups (broad SMARTS) is 2. The molecule has 3 amide bonds. The number of rotatable bonds is 20. The van der Waals surface area contributed by atoms with Crippen molar-refractivity contribution < 1.29 is 34.2 Å². The lowest BCUT2D eigenvalue weighted by Gasteiger charge is -2.24. The molecule has 0 spiro atoms. The molecule has 14 heteroatoms. The first kappa shape index (κ1) is 32.6. The maximum atomic E-state index is 12.8. The number of nitrogens with one attached hydrogen (secondary N) is 3. The number of aliphatic carboxylic acids is 2. The Balaban J connectivity index is 5.36. The SMILES string of the molecule is CSCCC(NC(=O)C(CC(=O)O)NC(=O)C(N)CCCCN)C(=O)NC(CCCCN)C(=O)O. The third kappa shape index (κ3) is 14.5. The second kappa shape index (κ2) is 18.9. The molecule has 0 aliphatic rings. The second-order valence-electron chi connectivity index (χ2n) is 8.08. The van der Waals surface area contributed by atoms with Crippen molar-refractivity contribution in [3.8, 4) is 0 Å². The molecular weight excluding hydrogens is 480 g/mol. The minimum atomic E-state index is -1.47. The number of carboxylic acids is 2. The van der Waals surface area contributed by atoms with Gasteiger partial charge in [0.1, 0.15) is 18.1 Å². The number of thioether (sulfide) groups is 1. The molecule has 11 N–H and O–H groups in total. The van der Waals surface area contributed by atoms with Crippen molar-refractivity contribution in [1.29, 1.82) is 0 Å². The Morgan fingerprint density at radius 3 is 1.77 bits per heavy atom. The maximum absolute atomic E-state index is 12.8. The third-order valence-corrected chi connectivity index (χ3v) is 5.77. The molecule has 0 rings (SSSR count). The van der Waals surface area contributed by atoms with Gasteiger partial charge in [-0.25, -0.2) is 4.79 Å². The number of unbranched alkanes of at least 4 members (excludes halogenated alkanes) is 2. The molecule has 13 nitrogen and oxygen atoms in total. The Hall–Kier alpha value is -2.42. The minimum absolute atomic E-state index is 0.167. The van der Waals surface area contributed by atoms with Crippen LogP contribution in [0.15, 0.2) is 0 Å². The van der Waals surface area contributed by atoms with Crippen molar-refractivity contribution >= 4 is 41.4 Å². The highest BCUT2D eigenvalue weighted by atomic mass is 32.2. The smallest absolute Gasteiger partial charge is 0.326 e. The third-order valence-electron chi connectivity index (χ3n) is 5.12. The summed E-state index contributed by atoms with van der Waals surface area (Å²) in [5.74, 6) is -4.38. The first-order valence-corrected chi connectivity index (χ1v) is 13.0. The van der Waals surface area contributed by atoms with Crippen LogP contribution >= 0.6 is 11.8 Å². The number of hydrogen-bond donors (Lipinski definition) is 8. The lowest BCUT2D eigenvalue weighted by molar-refractivity contribution is -0.143. The van der Waals surface area contributed by atoms with Gasteiger partial charge >= 0.3 is 11.9 Å². The standard InChI is InChI=1S/C21H40N6O7S/c1-35-11-8-14(19(31)26-15(21(33)34)7-3-5-10-23)25-20(32)16(12-17(28)29)27-18(30)13(24)6-2-4-9-22/h13-16H,2-12,22-24H2,1H3,(H,25,32)(H,26,31)(H,27,30)(H,28,29)(H,33,34). The molecular formula is C21H40N6O7S. The summed E-state index contributed by atoms with van der Waals surface area (Å²) in [5, 5.41) is 25.8. The van der Waals surface area contributed by atoms with E-state index in [0.717, 1.165) is 0 Å². The zero-order valence-corrected chi connectivity index (χ0v) is 21.0. The van der Waals surface area contributed by atoms with Crippen LogP contribution < -0.4 is 33.2 Å². The van der Waals surface area contributed by atoms with Crippen molar-refractivity contribution in [3.05, 3.63) is 0 Å². The fourth-order valence-electron chi connectivity index (χ4n) is 3.10. The maximum Gasteiger partial charge on any atom is 0.326 e. The van der Waals surface area contributed by atoms with Crippen LogP contribution in [0.1, 0.15) is 51.4 Å². The van der Waals surface area contributed by atoms with E-state index in [1.807, 2.05) is 0 Å². The summed E-state index contributed by atoms with van der Waals surface area (Å²) in [6.45, 7) is 0.827. The molecule has 0 aromatic heterocycles. The van der Waals surface area contributed by atoms with Crippen molar-refractivity contribution in [2.45, 2.75) is 75.5 Å². The molecule has 4 unspecified atom stereocenters. The fourth-order valence-corrected chi connectivity index (χ4v) is 3.57. The summed E-state index contributed by atoms with van der Waals surface area (Å²) in [7, 11) is 0. The number of nitrogens with two attached hydrogens (primary N) is 3. The quantitative estimate of drug-likeness (QED) is 0.0844. The average molecular weight is 521 g/mol. The van der Waals surface area contributed by atoms with Gasteiger partial charge in [0.05, 0.1) is 12.5 Å². The van der Waals surface area contributed by atoms with Gasteiger partial charge in [0.2, 0.25) is 17.7 Å². The van der Waals surface area contributed by atoms with Crippen molar-refractivity contribution in [2.75, 3.05) is 25.1 Å². The van der Waals surface area contributed by atoms with Gasteiger partial charge in [0.25, 0.3) is 0 Å². The summed E-state index contributed by atoms with van der Waals surface area (Å²) in [6, 6.07) is -4.71. The molecule has 0 aliphatic carbocycles. The largest absolute Gasteiger partial charge is 0.481 e. The summed E-state index contributed by atoms with van der Waals surface area (Å²) in [4.78, 5) is 60.8. The normalized spacial score (nSPS) is 14.3. The fraction of sp³-hybridized carbons (Fsp3) is 0.762. The monoisotopic (exact) mass is 520 g/mol. The topological polar surface area (TPSA) is 240 Å². The van der Waals surface area contributed by atoms with Crippen LogP contribution in [0.4, 0.5) is 0 Å². The van der Waals surface area contributed by atoms with E-state index in [4.69, 9.17) is 17.2 Å². The van der Waals surface area contributed by atoms with E-state index < -0.39 is 60.2 Å². The van der Waals surface area contributed by atoms with Crippen LogP contribution in [0, 0.1) is 0 Å². The van der Waals surface area contributed by atoms with E-state index in [2.05, 4.69) is 16.0 Å². The van der Waals surface area contributed by atoms with E-state index >= 15 is 0 Å². The predicted octanol–water partition coefficient (Wildman–Crippen LogP) is -1.66. The van der Waals surface area contributed by atoms with Gasteiger partial charge in [-0.15, -0.1) is 0 Å². The molecule has 0 radical (unpaired) electrons. The molecule has 0 bridgehead atoms. The van der Waals surface area contributed by atoms with Gasteiger partial charge in [-0.3, -0.25) is 19.2 Å². The van der Waals surface area contributed by atoms with E-state index in [1.54, 1.807) is 6.26 Å². The first-order valence-electron chi connectivity index (χ1n) is 11.6. The highest BCUT2D eigenvalue weighted by Crippen LogP contribution is 2.07. The Morgan fingerprint density at radius 1 is 0.743 bits per heavy atom. The summed E-state index contributed by atoms with van der Waals surface area (Å²) >= 11 is 1.41. The van der Waals surface area contributed by atoms with E-state index in [1.165, 1.54) is 11.8 Å². The summed E-state index contributed by atoms with van der Waals surface area (Å²) in [5.41, 5.74) is 16.7. The first-order chi connectivity index (χ1) is 16.6. The average Bonchev–Trinajstić information content (AvgIpc) is 2.79. The highest BCUT2D eigenvalue weighted by molar-refractivity contribution is 7.98. The molecule has 0 aliphatic heterocycles. The Morgan fingerprint density at radius 2 is 1.26 bits per heavy atom. The van der Waals surface area contributed by atoms with Gasteiger partial charge in [-0.1, -0.05) is 6.42 Å². The Bertz CT molecular complexity index is 697. The van der Waals surface area contributed by atoms with E-state index in [9.17, 15) is 34.2 Å². The lowest BCUT2D eigenvalue weighted by Crippen LogP contribution is -2.57. The molecule has 4 atom stereocenters. The number of carbonyl (C=O) groups is 5. The predicted molar refractivity (Wildman–Crippen MR) is 132 cm³/mol. The van der Waals surface area contributed by atoms with Crippen molar-refractivity contribution in [3.63, 3.8) is 0 Å². The molecule has 0 aromatic carbocycles. The van der Waals surface area contributed by atoms with E-state index in [0.29, 0.717) is 50.9 Å². The van der Waals surface area contributed by atoms with E-state index in [-0.39, 0.29) is 12.8 Å². The molecule has 0 fully saturated rings. The molecule has 35 heavy (non-hydrogen) atoms. The number of carbonyl (C=O) groups excluding carboxylic acids is 3. The number of amides is 3. The highest BCUT2D eigenvalue weighted by Gasteiger charge is 2.31. The zero-order chi connectivity index (χ0) is 26.8. The minimum Gasteiger partial charge on any atom is -0.481 e. The Kier molecular flexibility index (Phi) is 17.5. The van der Waals surface area contributed by atoms with Crippen molar-refractivity contribution in [2.24, 2.45) is 17.2 Å². The summed E-state index contributed by atoms with van der Waals surface area (Å²) in [6.07, 6.45) is 4.06. The van der Waals surface area contributed by atoms with Gasteiger partial charge in [0.15, 0.2) is 0 Å². The summed E-state index contributed by atoms with van der Waals surface area (Å²) < 4.78 is 0. The molecule has 0 saturated carbocycles. The molecule has 202 valence electrons. The molecule has 0 aromatic rings. The Labute approximate surface area is 209 Å². The molecule has 0 saturated heterocycles. The van der Waals surface area contributed by atoms with Crippen LogP contribution in [0.2, 0.25) is 0 Å². The van der Waals surface area contributed by atoms with Crippen LogP contribution in [0.3, 0.4) is 0 Å². The lowest BCUT2D eigenvalue weighted by atomic mass is 10.1. The second-order valence-corrected chi connectivity index (χ2v) is 9.06. The van der Waals surface area contributed by atoms with Gasteiger partial charge in [-0.2, -0.15) is 11.8 Å².